The Morgan fingerprint density at radius 2 is 1.90 bits per heavy atom. The van der Waals surface area contributed by atoms with Crippen LogP contribution in [0.4, 0.5) is 0 Å². The van der Waals surface area contributed by atoms with Crippen molar-refractivity contribution in [3.8, 4) is 0 Å². The lowest BCUT2D eigenvalue weighted by molar-refractivity contribution is 0.0727. The molecule has 0 bridgehead atoms. The Hall–Kier alpha value is -1.28. The van der Waals surface area contributed by atoms with Crippen molar-refractivity contribution in [1.82, 2.24) is 0 Å². The van der Waals surface area contributed by atoms with E-state index in [1.54, 1.807) is 0 Å². The average Bonchev–Trinajstić information content (AvgIpc) is 2.82. The minimum absolute atomic E-state index is 0.378. The van der Waals surface area contributed by atoms with Crippen molar-refractivity contribution < 1.29 is 9.52 Å². The van der Waals surface area contributed by atoms with Crippen LogP contribution in [0.2, 0.25) is 0 Å². The molecule has 0 radical (unpaired) electrons. The van der Waals surface area contributed by atoms with Gasteiger partial charge in [0.25, 0.3) is 0 Å². The molecule has 1 saturated carbocycles. The number of aliphatic hydroxyl groups is 1. The minimum atomic E-state index is -0.378. The topological polar surface area (TPSA) is 33.4 Å². The van der Waals surface area contributed by atoms with Crippen LogP contribution in [-0.2, 0) is 0 Å². The van der Waals surface area contributed by atoms with Gasteiger partial charge in [0, 0.05) is 10.9 Å². The van der Waals surface area contributed by atoms with E-state index in [0.717, 1.165) is 41.1 Å². The Balaban J connectivity index is 1.86. The molecule has 1 atom stereocenters. The summed E-state index contributed by atoms with van der Waals surface area (Å²) in [5.74, 6) is 2.12. The van der Waals surface area contributed by atoms with Crippen LogP contribution in [0.1, 0.15) is 56.5 Å². The SMILES string of the molecule is CCC1CCC(C(O)c2c(C)oc3ccccc23)CC1. The molecule has 20 heavy (non-hydrogen) atoms. The number of fused-ring (bicyclic) bond motifs is 1. The summed E-state index contributed by atoms with van der Waals surface area (Å²) in [6.07, 6.45) is 5.69. The third kappa shape index (κ3) is 2.37. The molecule has 1 aliphatic carbocycles. The molecule has 0 spiro atoms. The molecule has 1 aromatic heterocycles. The molecule has 108 valence electrons. The molecule has 0 aliphatic heterocycles. The lowest BCUT2D eigenvalue weighted by atomic mass is 9.76. The zero-order chi connectivity index (χ0) is 14.1. The second-order valence-electron chi connectivity index (χ2n) is 6.20. The number of furan rings is 1. The highest BCUT2D eigenvalue weighted by Gasteiger charge is 2.29. The fourth-order valence-electron chi connectivity index (χ4n) is 3.70. The largest absolute Gasteiger partial charge is 0.461 e. The molecule has 1 unspecified atom stereocenters. The molecule has 2 nitrogen and oxygen atoms in total. The molecular formula is C18H24O2. The molecule has 1 N–H and O–H groups in total. The van der Waals surface area contributed by atoms with Gasteiger partial charge < -0.3 is 9.52 Å². The molecule has 3 rings (SSSR count). The summed E-state index contributed by atoms with van der Waals surface area (Å²) in [6.45, 7) is 4.24. The molecule has 0 saturated heterocycles. The van der Waals surface area contributed by atoms with E-state index in [0.29, 0.717) is 5.92 Å². The second kappa shape index (κ2) is 5.61. The highest BCUT2D eigenvalue weighted by Crippen LogP contribution is 2.41. The predicted octanol–water partition coefficient (Wildman–Crippen LogP) is 4.99. The van der Waals surface area contributed by atoms with Gasteiger partial charge in [-0.15, -0.1) is 0 Å². The van der Waals surface area contributed by atoms with E-state index >= 15 is 0 Å². The first-order chi connectivity index (χ1) is 9.70. The van der Waals surface area contributed by atoms with Crippen LogP contribution in [0.25, 0.3) is 11.0 Å². The number of benzene rings is 1. The lowest BCUT2D eigenvalue weighted by Crippen LogP contribution is -2.20. The molecular weight excluding hydrogens is 248 g/mol. The Bertz CT molecular complexity index is 576. The van der Waals surface area contributed by atoms with Gasteiger partial charge in [0.1, 0.15) is 11.3 Å². The quantitative estimate of drug-likeness (QED) is 0.853. The van der Waals surface area contributed by atoms with Crippen molar-refractivity contribution in [2.45, 2.75) is 52.1 Å². The molecule has 1 aliphatic rings. The maximum atomic E-state index is 10.8. The van der Waals surface area contributed by atoms with Gasteiger partial charge in [-0.1, -0.05) is 44.4 Å². The van der Waals surface area contributed by atoms with Gasteiger partial charge in [0.05, 0.1) is 6.10 Å². The van der Waals surface area contributed by atoms with Crippen LogP contribution in [-0.4, -0.2) is 5.11 Å². The van der Waals surface area contributed by atoms with E-state index in [4.69, 9.17) is 4.42 Å². The van der Waals surface area contributed by atoms with Crippen LogP contribution in [0.5, 0.6) is 0 Å². The third-order valence-electron chi connectivity index (χ3n) is 5.03. The molecule has 2 aromatic rings. The van der Waals surface area contributed by atoms with Crippen molar-refractivity contribution in [1.29, 1.82) is 0 Å². The number of aryl methyl sites for hydroxylation is 1. The Kier molecular flexibility index (Phi) is 3.84. The van der Waals surface area contributed by atoms with Crippen LogP contribution in [0, 0.1) is 18.8 Å². The van der Waals surface area contributed by atoms with Crippen molar-refractivity contribution >= 4 is 11.0 Å². The number of para-hydroxylation sites is 1. The van der Waals surface area contributed by atoms with Gasteiger partial charge in [-0.3, -0.25) is 0 Å². The molecule has 1 aromatic carbocycles. The zero-order valence-corrected chi connectivity index (χ0v) is 12.4. The average molecular weight is 272 g/mol. The zero-order valence-electron chi connectivity index (χ0n) is 12.4. The smallest absolute Gasteiger partial charge is 0.134 e. The Morgan fingerprint density at radius 1 is 1.20 bits per heavy atom. The number of rotatable bonds is 3. The number of aliphatic hydroxyl groups excluding tert-OH is 1. The van der Waals surface area contributed by atoms with Crippen LogP contribution < -0.4 is 0 Å². The van der Waals surface area contributed by atoms with Gasteiger partial charge in [0.2, 0.25) is 0 Å². The number of hydrogen-bond donors (Lipinski definition) is 1. The van der Waals surface area contributed by atoms with E-state index in [1.807, 2.05) is 25.1 Å². The minimum Gasteiger partial charge on any atom is -0.461 e. The van der Waals surface area contributed by atoms with Crippen molar-refractivity contribution in [3.63, 3.8) is 0 Å². The summed E-state index contributed by atoms with van der Waals surface area (Å²) in [5, 5.41) is 11.9. The number of hydrogen-bond acceptors (Lipinski definition) is 2. The first-order valence-electron chi connectivity index (χ1n) is 7.86. The fraction of sp³-hybridized carbons (Fsp3) is 0.556. The Labute approximate surface area is 120 Å². The van der Waals surface area contributed by atoms with Crippen LogP contribution >= 0.6 is 0 Å². The molecule has 1 heterocycles. The lowest BCUT2D eigenvalue weighted by Gasteiger charge is -2.31. The van der Waals surface area contributed by atoms with Gasteiger partial charge in [0.15, 0.2) is 0 Å². The predicted molar refractivity (Wildman–Crippen MR) is 81.6 cm³/mol. The van der Waals surface area contributed by atoms with E-state index in [9.17, 15) is 5.11 Å². The summed E-state index contributed by atoms with van der Waals surface area (Å²) in [6, 6.07) is 8.03. The third-order valence-corrected chi connectivity index (χ3v) is 5.03. The first kappa shape index (κ1) is 13.7. The second-order valence-corrected chi connectivity index (χ2v) is 6.20. The summed E-state index contributed by atoms with van der Waals surface area (Å²) in [7, 11) is 0. The van der Waals surface area contributed by atoms with E-state index in [2.05, 4.69) is 13.0 Å². The standard InChI is InChI=1S/C18H24O2/c1-3-13-8-10-14(11-9-13)18(19)17-12(2)20-16-7-5-4-6-15(16)17/h4-7,13-14,18-19H,3,8-11H2,1-2H3. The van der Waals surface area contributed by atoms with E-state index < -0.39 is 0 Å². The highest BCUT2D eigenvalue weighted by molar-refractivity contribution is 5.82. The summed E-state index contributed by atoms with van der Waals surface area (Å²) >= 11 is 0. The first-order valence-corrected chi connectivity index (χ1v) is 7.86. The molecule has 0 amide bonds. The van der Waals surface area contributed by atoms with Gasteiger partial charge in [-0.2, -0.15) is 0 Å². The van der Waals surface area contributed by atoms with Crippen molar-refractivity contribution in [3.05, 3.63) is 35.6 Å². The van der Waals surface area contributed by atoms with Crippen molar-refractivity contribution in [2.24, 2.45) is 11.8 Å². The van der Waals surface area contributed by atoms with Gasteiger partial charge in [-0.05, 0) is 37.7 Å². The monoisotopic (exact) mass is 272 g/mol. The normalized spacial score (nSPS) is 24.9. The van der Waals surface area contributed by atoms with Crippen LogP contribution in [0.15, 0.2) is 28.7 Å². The van der Waals surface area contributed by atoms with Crippen LogP contribution in [0.3, 0.4) is 0 Å². The maximum absolute atomic E-state index is 10.8. The maximum Gasteiger partial charge on any atom is 0.134 e. The van der Waals surface area contributed by atoms with Gasteiger partial charge >= 0.3 is 0 Å². The van der Waals surface area contributed by atoms with Crippen molar-refractivity contribution in [2.75, 3.05) is 0 Å². The van der Waals surface area contributed by atoms with E-state index in [1.165, 1.54) is 19.3 Å². The summed E-state index contributed by atoms with van der Waals surface area (Å²) < 4.78 is 5.79. The summed E-state index contributed by atoms with van der Waals surface area (Å²) in [5.41, 5.74) is 1.90. The highest BCUT2D eigenvalue weighted by atomic mass is 16.3. The molecule has 1 fully saturated rings. The fourth-order valence-corrected chi connectivity index (χ4v) is 3.70. The molecule has 2 heteroatoms. The summed E-state index contributed by atoms with van der Waals surface area (Å²) in [4.78, 5) is 0. The van der Waals surface area contributed by atoms with E-state index in [-0.39, 0.29) is 6.10 Å². The Morgan fingerprint density at radius 3 is 2.60 bits per heavy atom. The van der Waals surface area contributed by atoms with Gasteiger partial charge in [-0.25, -0.2) is 0 Å².